The van der Waals surface area contributed by atoms with Gasteiger partial charge in [0.05, 0.1) is 16.8 Å². The van der Waals surface area contributed by atoms with Gasteiger partial charge >= 0.3 is 6.18 Å². The second-order valence-corrected chi connectivity index (χ2v) is 8.68. The number of aromatic amines is 1. The Balaban J connectivity index is 0.000000172. The zero-order chi connectivity index (χ0) is 24.6. The fourth-order valence-corrected chi connectivity index (χ4v) is 4.59. The average molecular weight is 479 g/mol. The molecule has 0 saturated heterocycles. The third-order valence-electron chi connectivity index (χ3n) is 6.39. The van der Waals surface area contributed by atoms with E-state index in [0.717, 1.165) is 18.9 Å². The topological polar surface area (TPSA) is 88.8 Å². The number of nitrogens with two attached hydrogens (primary N) is 1. The van der Waals surface area contributed by atoms with Crippen LogP contribution in [0.3, 0.4) is 0 Å². The summed E-state index contributed by atoms with van der Waals surface area (Å²) in [4.78, 5) is 29.0. The number of nitrogens with one attached hydrogen (secondary N) is 1. The number of primary amides is 1. The molecule has 5 nitrogen and oxygen atoms in total. The summed E-state index contributed by atoms with van der Waals surface area (Å²) in [5, 5.41) is 0.238. The first-order valence-electron chi connectivity index (χ1n) is 10.9. The number of hydrogen-bond acceptors (Lipinski definition) is 3. The van der Waals surface area contributed by atoms with Gasteiger partial charge in [0.15, 0.2) is 17.1 Å². The van der Waals surface area contributed by atoms with Crippen LogP contribution in [-0.2, 0) is 0 Å². The number of H-pyrrole nitrogens is 1. The lowest BCUT2D eigenvalue weighted by atomic mass is 9.89. The van der Waals surface area contributed by atoms with Gasteiger partial charge < -0.3 is 10.7 Å². The minimum Gasteiger partial charge on any atom is -0.364 e. The SMILES string of the molecule is Fc1ccc(C2CCC(C(F)(F)F)C2)c(C2CC2)c1F.NC(=O)c1nccc2[nH]ccc(=O)c12. The van der Waals surface area contributed by atoms with E-state index in [2.05, 4.69) is 9.97 Å². The van der Waals surface area contributed by atoms with Crippen molar-refractivity contribution in [3.8, 4) is 0 Å². The largest absolute Gasteiger partial charge is 0.391 e. The number of nitrogens with zero attached hydrogens (tertiary/aromatic N) is 1. The molecular formula is C24H22F5N3O2. The first kappa shape index (κ1) is 23.8. The van der Waals surface area contributed by atoms with E-state index >= 15 is 0 Å². The summed E-state index contributed by atoms with van der Waals surface area (Å²) < 4.78 is 65.5. The average Bonchev–Trinajstić information content (AvgIpc) is 3.49. The van der Waals surface area contributed by atoms with Crippen LogP contribution in [-0.4, -0.2) is 22.1 Å². The number of aromatic nitrogens is 2. The van der Waals surface area contributed by atoms with Crippen molar-refractivity contribution in [3.05, 3.63) is 75.3 Å². The number of carbonyl (C=O) groups is 1. The van der Waals surface area contributed by atoms with Gasteiger partial charge in [-0.15, -0.1) is 0 Å². The Bertz CT molecular complexity index is 1280. The van der Waals surface area contributed by atoms with Crippen LogP contribution in [0.25, 0.3) is 10.9 Å². The second kappa shape index (κ2) is 9.15. The van der Waals surface area contributed by atoms with E-state index in [9.17, 15) is 31.5 Å². The molecule has 34 heavy (non-hydrogen) atoms. The highest BCUT2D eigenvalue weighted by Crippen LogP contribution is 2.51. The van der Waals surface area contributed by atoms with E-state index in [4.69, 9.17) is 5.73 Å². The fourth-order valence-electron chi connectivity index (χ4n) is 4.59. The van der Waals surface area contributed by atoms with Crippen molar-refractivity contribution in [2.24, 2.45) is 11.7 Å². The van der Waals surface area contributed by atoms with Crippen LogP contribution in [0.15, 0.2) is 41.5 Å². The van der Waals surface area contributed by atoms with Gasteiger partial charge in [-0.2, -0.15) is 13.2 Å². The molecule has 1 amide bonds. The van der Waals surface area contributed by atoms with Crippen LogP contribution in [0.2, 0.25) is 0 Å². The summed E-state index contributed by atoms with van der Waals surface area (Å²) in [7, 11) is 0. The van der Waals surface area contributed by atoms with Gasteiger partial charge in [-0.05, 0) is 67.2 Å². The Hall–Kier alpha value is -3.30. The molecular weight excluding hydrogens is 457 g/mol. The lowest BCUT2D eigenvalue weighted by molar-refractivity contribution is -0.172. The molecule has 0 bridgehead atoms. The molecule has 10 heteroatoms. The highest BCUT2D eigenvalue weighted by atomic mass is 19.4. The predicted octanol–water partition coefficient (Wildman–Crippen LogP) is 5.31. The smallest absolute Gasteiger partial charge is 0.364 e. The summed E-state index contributed by atoms with van der Waals surface area (Å²) in [5.74, 6) is -4.08. The van der Waals surface area contributed by atoms with Crippen molar-refractivity contribution in [2.75, 3.05) is 0 Å². The standard InChI is InChI=1S/C15H15F5.C9H7N3O2/c16-12-6-5-11(13(14(12)17)8-1-2-8)9-3-4-10(7-9)15(18,19)20;10-9(14)8-7-5(1-3-12-8)11-4-2-6(7)13/h5-6,8-10H,1-4,7H2;1-4H,(H2,10,14)(H,11,13). The number of fused-ring (bicyclic) bond motifs is 1. The first-order chi connectivity index (χ1) is 16.1. The zero-order valence-electron chi connectivity index (χ0n) is 18.0. The van der Waals surface area contributed by atoms with Gasteiger partial charge in [-0.3, -0.25) is 14.6 Å². The van der Waals surface area contributed by atoms with Gasteiger partial charge in [0, 0.05) is 18.5 Å². The summed E-state index contributed by atoms with van der Waals surface area (Å²) in [5.41, 5.74) is 6.32. The predicted molar refractivity (Wildman–Crippen MR) is 115 cm³/mol. The molecule has 0 aliphatic heterocycles. The Morgan fingerprint density at radius 1 is 1.03 bits per heavy atom. The second-order valence-electron chi connectivity index (χ2n) is 8.68. The molecule has 2 aliphatic carbocycles. The molecule has 1 aromatic carbocycles. The maximum absolute atomic E-state index is 13.9. The number of rotatable bonds is 3. The number of pyridine rings is 2. The first-order valence-corrected chi connectivity index (χ1v) is 10.9. The Kier molecular flexibility index (Phi) is 6.42. The molecule has 0 spiro atoms. The molecule has 2 saturated carbocycles. The van der Waals surface area contributed by atoms with Crippen LogP contribution in [0, 0.1) is 17.6 Å². The molecule has 3 aromatic rings. The third kappa shape index (κ3) is 4.80. The molecule has 2 aliphatic rings. The molecule has 2 aromatic heterocycles. The van der Waals surface area contributed by atoms with Gasteiger partial charge in [0.25, 0.3) is 5.91 Å². The van der Waals surface area contributed by atoms with Crippen molar-refractivity contribution < 1.29 is 26.7 Å². The number of alkyl halides is 3. The van der Waals surface area contributed by atoms with Crippen molar-refractivity contribution >= 4 is 16.8 Å². The lowest BCUT2D eigenvalue weighted by Gasteiger charge is -2.18. The van der Waals surface area contributed by atoms with E-state index in [1.54, 1.807) is 6.07 Å². The molecule has 0 radical (unpaired) electrons. The summed E-state index contributed by atoms with van der Waals surface area (Å²) in [6, 6.07) is 5.46. The van der Waals surface area contributed by atoms with Crippen molar-refractivity contribution in [1.82, 2.24) is 9.97 Å². The Morgan fingerprint density at radius 3 is 2.35 bits per heavy atom. The van der Waals surface area contributed by atoms with E-state index in [-0.39, 0.29) is 41.2 Å². The number of carbonyl (C=O) groups excluding carboxylic acids is 1. The minimum absolute atomic E-state index is 0.00403. The van der Waals surface area contributed by atoms with Gasteiger partial charge in [0.2, 0.25) is 0 Å². The van der Waals surface area contributed by atoms with Crippen LogP contribution >= 0.6 is 0 Å². The molecule has 5 rings (SSSR count). The third-order valence-corrected chi connectivity index (χ3v) is 6.39. The van der Waals surface area contributed by atoms with Crippen molar-refractivity contribution in [1.29, 1.82) is 0 Å². The van der Waals surface area contributed by atoms with E-state index in [0.29, 0.717) is 23.1 Å². The highest BCUT2D eigenvalue weighted by Gasteiger charge is 2.45. The number of amides is 1. The number of halogens is 5. The molecule has 2 heterocycles. The highest BCUT2D eigenvalue weighted by molar-refractivity contribution is 6.03. The summed E-state index contributed by atoms with van der Waals surface area (Å²) >= 11 is 0. The Morgan fingerprint density at radius 2 is 1.74 bits per heavy atom. The molecule has 2 unspecified atom stereocenters. The maximum Gasteiger partial charge on any atom is 0.391 e. The van der Waals surface area contributed by atoms with Crippen LogP contribution < -0.4 is 11.2 Å². The minimum atomic E-state index is -4.19. The van der Waals surface area contributed by atoms with E-state index < -0.39 is 29.6 Å². The molecule has 180 valence electrons. The molecule has 3 N–H and O–H groups in total. The molecule has 2 atom stereocenters. The van der Waals surface area contributed by atoms with Gasteiger partial charge in [0.1, 0.15) is 5.69 Å². The Labute approximate surface area is 191 Å². The summed E-state index contributed by atoms with van der Waals surface area (Å²) in [6.45, 7) is 0. The lowest BCUT2D eigenvalue weighted by Crippen LogP contribution is -2.20. The van der Waals surface area contributed by atoms with Gasteiger partial charge in [-0.1, -0.05) is 6.07 Å². The number of hydrogen-bond donors (Lipinski definition) is 2. The van der Waals surface area contributed by atoms with E-state index in [1.165, 1.54) is 24.5 Å². The normalized spacial score (nSPS) is 20.1. The fraction of sp³-hybridized carbons (Fsp3) is 0.375. The zero-order valence-corrected chi connectivity index (χ0v) is 18.0. The van der Waals surface area contributed by atoms with Crippen LogP contribution in [0.1, 0.15) is 65.6 Å². The monoisotopic (exact) mass is 479 g/mol. The van der Waals surface area contributed by atoms with E-state index in [1.807, 2.05) is 0 Å². The van der Waals surface area contributed by atoms with Crippen molar-refractivity contribution in [3.63, 3.8) is 0 Å². The van der Waals surface area contributed by atoms with Gasteiger partial charge in [-0.25, -0.2) is 8.78 Å². The van der Waals surface area contributed by atoms with Crippen molar-refractivity contribution in [2.45, 2.75) is 50.1 Å². The quantitative estimate of drug-likeness (QED) is 0.499. The molecule has 2 fully saturated rings. The maximum atomic E-state index is 13.9. The van der Waals surface area contributed by atoms with Crippen LogP contribution in [0.4, 0.5) is 22.0 Å². The summed E-state index contributed by atoms with van der Waals surface area (Å²) in [6.07, 6.45) is 0.812. The number of benzene rings is 1. The van der Waals surface area contributed by atoms with Crippen LogP contribution in [0.5, 0.6) is 0 Å².